The van der Waals surface area contributed by atoms with E-state index in [2.05, 4.69) is 65.6 Å². The fourth-order valence-corrected chi connectivity index (χ4v) is 4.21. The lowest BCUT2D eigenvalue weighted by Crippen LogP contribution is -2.51. The number of rotatable bonds is 6. The average molecular weight is 409 g/mol. The van der Waals surface area contributed by atoms with E-state index in [1.807, 2.05) is 11.0 Å². The highest BCUT2D eigenvalue weighted by Crippen LogP contribution is 2.26. The van der Waals surface area contributed by atoms with Crippen LogP contribution in [-0.2, 0) is 26.1 Å². The molecule has 2 heterocycles. The normalized spacial score (nSPS) is 16.4. The number of urea groups is 1. The van der Waals surface area contributed by atoms with Crippen LogP contribution in [0.25, 0.3) is 0 Å². The Bertz CT molecular complexity index is 875. The summed E-state index contributed by atoms with van der Waals surface area (Å²) in [6.45, 7) is 6.50. The Morgan fingerprint density at radius 3 is 2.60 bits per heavy atom. The molecule has 6 nitrogen and oxygen atoms in total. The van der Waals surface area contributed by atoms with Crippen LogP contribution in [0.4, 0.5) is 4.79 Å². The Morgan fingerprint density at radius 1 is 1.07 bits per heavy atom. The van der Waals surface area contributed by atoms with Crippen LogP contribution in [0.1, 0.15) is 22.3 Å². The van der Waals surface area contributed by atoms with Crippen LogP contribution in [0, 0.1) is 0 Å². The van der Waals surface area contributed by atoms with Crippen LogP contribution in [0.15, 0.2) is 42.5 Å². The van der Waals surface area contributed by atoms with Crippen molar-refractivity contribution in [1.29, 1.82) is 0 Å². The summed E-state index contributed by atoms with van der Waals surface area (Å²) in [5, 5.41) is 3.11. The maximum atomic E-state index is 12.7. The first-order chi connectivity index (χ1) is 14.6. The number of fused-ring (bicyclic) bond motifs is 1. The summed E-state index contributed by atoms with van der Waals surface area (Å²) in [6, 6.07) is 14.9. The largest absolute Gasteiger partial charge is 0.493 e. The van der Waals surface area contributed by atoms with Gasteiger partial charge in [-0.1, -0.05) is 36.4 Å². The van der Waals surface area contributed by atoms with E-state index < -0.39 is 0 Å². The molecule has 0 atom stereocenters. The lowest BCUT2D eigenvalue weighted by molar-refractivity contribution is 0.135. The Labute approximate surface area is 179 Å². The van der Waals surface area contributed by atoms with E-state index in [1.54, 1.807) is 0 Å². The molecule has 0 aliphatic carbocycles. The third-order valence-electron chi connectivity index (χ3n) is 5.85. The standard InChI is InChI=1S/C24H32N4O2/c1-26(2)18-22-6-4-3-5-21(22)16-25-24(29)28-12-10-27(11-13-28)17-19-7-8-23-20(15-19)9-14-30-23/h3-8,15H,9-14,16-18H2,1-2H3,(H,25,29). The van der Waals surface area contributed by atoms with Gasteiger partial charge in [-0.3, -0.25) is 4.90 Å². The molecule has 0 radical (unpaired) electrons. The maximum absolute atomic E-state index is 12.7. The van der Waals surface area contributed by atoms with Gasteiger partial charge in [0.05, 0.1) is 6.61 Å². The topological polar surface area (TPSA) is 48.1 Å². The zero-order valence-corrected chi connectivity index (χ0v) is 18.1. The average Bonchev–Trinajstić information content (AvgIpc) is 3.21. The minimum absolute atomic E-state index is 0.0315. The molecule has 1 fully saturated rings. The third kappa shape index (κ3) is 5.12. The lowest BCUT2D eigenvalue weighted by Gasteiger charge is -2.34. The second-order valence-corrected chi connectivity index (χ2v) is 8.47. The van der Waals surface area contributed by atoms with Gasteiger partial charge in [0.1, 0.15) is 5.75 Å². The van der Waals surface area contributed by atoms with E-state index in [9.17, 15) is 4.79 Å². The molecule has 2 aliphatic rings. The molecule has 2 amide bonds. The van der Waals surface area contributed by atoms with Gasteiger partial charge in [-0.25, -0.2) is 4.79 Å². The van der Waals surface area contributed by atoms with Gasteiger partial charge in [0.25, 0.3) is 0 Å². The molecule has 6 heteroatoms. The number of benzene rings is 2. The van der Waals surface area contributed by atoms with Gasteiger partial charge in [0.2, 0.25) is 0 Å². The number of hydrogen-bond acceptors (Lipinski definition) is 4. The quantitative estimate of drug-likeness (QED) is 0.799. The zero-order chi connectivity index (χ0) is 20.9. The van der Waals surface area contributed by atoms with Crippen molar-refractivity contribution in [2.24, 2.45) is 0 Å². The Kier molecular flexibility index (Phi) is 6.55. The van der Waals surface area contributed by atoms with Crippen LogP contribution < -0.4 is 10.1 Å². The number of nitrogens with one attached hydrogen (secondary N) is 1. The molecule has 2 aromatic carbocycles. The van der Waals surface area contributed by atoms with E-state index >= 15 is 0 Å². The molecule has 0 aromatic heterocycles. The Morgan fingerprint density at radius 2 is 1.83 bits per heavy atom. The van der Waals surface area contributed by atoms with Crippen molar-refractivity contribution in [2.75, 3.05) is 46.9 Å². The van der Waals surface area contributed by atoms with E-state index in [-0.39, 0.29) is 6.03 Å². The number of nitrogens with zero attached hydrogens (tertiary/aromatic N) is 3. The van der Waals surface area contributed by atoms with E-state index in [0.29, 0.717) is 6.54 Å². The summed E-state index contributed by atoms with van der Waals surface area (Å²) in [5.41, 5.74) is 5.08. The molecular weight excluding hydrogens is 376 g/mol. The van der Waals surface area contributed by atoms with Crippen molar-refractivity contribution >= 4 is 6.03 Å². The molecule has 0 saturated carbocycles. The fourth-order valence-electron chi connectivity index (χ4n) is 4.21. The number of carbonyl (C=O) groups excluding carboxylic acids is 1. The summed E-state index contributed by atoms with van der Waals surface area (Å²) >= 11 is 0. The molecule has 0 bridgehead atoms. The first-order valence-corrected chi connectivity index (χ1v) is 10.8. The predicted octanol–water partition coefficient (Wildman–Crippen LogP) is 2.71. The molecule has 30 heavy (non-hydrogen) atoms. The molecule has 1 saturated heterocycles. The number of hydrogen-bond donors (Lipinski definition) is 1. The summed E-state index contributed by atoms with van der Waals surface area (Å²) < 4.78 is 5.60. The van der Waals surface area contributed by atoms with Gasteiger partial charge < -0.3 is 19.9 Å². The summed E-state index contributed by atoms with van der Waals surface area (Å²) in [5.74, 6) is 1.03. The van der Waals surface area contributed by atoms with Crippen LogP contribution in [0.5, 0.6) is 5.75 Å². The Balaban J connectivity index is 1.25. The molecule has 2 aliphatic heterocycles. The van der Waals surface area contributed by atoms with E-state index in [0.717, 1.165) is 58.0 Å². The fraction of sp³-hybridized carbons (Fsp3) is 0.458. The SMILES string of the molecule is CN(C)Cc1ccccc1CNC(=O)N1CCN(Cc2ccc3c(c2)CCO3)CC1. The highest BCUT2D eigenvalue weighted by atomic mass is 16.5. The first kappa shape index (κ1) is 20.7. The summed E-state index contributed by atoms with van der Waals surface area (Å²) in [4.78, 5) is 19.2. The Hall–Kier alpha value is -2.57. The summed E-state index contributed by atoms with van der Waals surface area (Å²) in [6.07, 6.45) is 1.01. The zero-order valence-electron chi connectivity index (χ0n) is 18.1. The maximum Gasteiger partial charge on any atom is 0.317 e. The lowest BCUT2D eigenvalue weighted by atomic mass is 10.1. The van der Waals surface area contributed by atoms with Crippen molar-refractivity contribution in [3.63, 3.8) is 0 Å². The van der Waals surface area contributed by atoms with Crippen molar-refractivity contribution in [1.82, 2.24) is 20.0 Å². The number of ether oxygens (including phenoxy) is 1. The smallest absolute Gasteiger partial charge is 0.317 e. The minimum Gasteiger partial charge on any atom is -0.493 e. The van der Waals surface area contributed by atoms with Crippen LogP contribution in [-0.4, -0.2) is 67.6 Å². The molecule has 160 valence electrons. The van der Waals surface area contributed by atoms with E-state index in [1.165, 1.54) is 22.3 Å². The molecular formula is C24H32N4O2. The van der Waals surface area contributed by atoms with Gasteiger partial charge in [-0.05, 0) is 42.4 Å². The van der Waals surface area contributed by atoms with Crippen molar-refractivity contribution in [2.45, 2.75) is 26.1 Å². The van der Waals surface area contributed by atoms with Crippen molar-refractivity contribution in [3.8, 4) is 5.75 Å². The van der Waals surface area contributed by atoms with Gasteiger partial charge in [-0.2, -0.15) is 0 Å². The molecule has 1 N–H and O–H groups in total. The molecule has 2 aromatic rings. The highest BCUT2D eigenvalue weighted by molar-refractivity contribution is 5.74. The van der Waals surface area contributed by atoms with Crippen LogP contribution >= 0.6 is 0 Å². The second-order valence-electron chi connectivity index (χ2n) is 8.47. The van der Waals surface area contributed by atoms with Gasteiger partial charge in [0.15, 0.2) is 0 Å². The van der Waals surface area contributed by atoms with E-state index in [4.69, 9.17) is 4.74 Å². The third-order valence-corrected chi connectivity index (χ3v) is 5.85. The monoisotopic (exact) mass is 408 g/mol. The molecule has 0 unspecified atom stereocenters. The number of amides is 2. The highest BCUT2D eigenvalue weighted by Gasteiger charge is 2.22. The van der Waals surface area contributed by atoms with Crippen LogP contribution in [0.3, 0.4) is 0 Å². The van der Waals surface area contributed by atoms with Crippen LogP contribution in [0.2, 0.25) is 0 Å². The molecule has 4 rings (SSSR count). The predicted molar refractivity (Wildman–Crippen MR) is 119 cm³/mol. The van der Waals surface area contributed by atoms with Crippen molar-refractivity contribution in [3.05, 3.63) is 64.7 Å². The minimum atomic E-state index is 0.0315. The summed E-state index contributed by atoms with van der Waals surface area (Å²) in [7, 11) is 4.12. The first-order valence-electron chi connectivity index (χ1n) is 10.8. The number of carbonyl (C=O) groups is 1. The van der Waals surface area contributed by atoms with Gasteiger partial charge >= 0.3 is 6.03 Å². The second kappa shape index (κ2) is 9.49. The van der Waals surface area contributed by atoms with Crippen molar-refractivity contribution < 1.29 is 9.53 Å². The van der Waals surface area contributed by atoms with Gasteiger partial charge in [-0.15, -0.1) is 0 Å². The van der Waals surface area contributed by atoms with Gasteiger partial charge in [0, 0.05) is 52.2 Å². The molecule has 0 spiro atoms. The number of piperazine rings is 1.